The number of aliphatic carboxylic acids is 1. The standard InChI is InChI=1S/C12H22O3/c1-4-12(15,11(13)14)10-7-8(2)5-6-9(10)3/h8-10,15H,4-7H2,1-3H3,(H,13,14). The molecule has 0 radical (unpaired) electrons. The molecule has 0 aromatic carbocycles. The third-order valence-electron chi connectivity index (χ3n) is 3.98. The number of carbonyl (C=O) groups is 1. The highest BCUT2D eigenvalue weighted by molar-refractivity contribution is 5.77. The number of hydrogen-bond acceptors (Lipinski definition) is 2. The molecule has 4 atom stereocenters. The van der Waals surface area contributed by atoms with Gasteiger partial charge in [0, 0.05) is 5.92 Å². The van der Waals surface area contributed by atoms with E-state index in [0.29, 0.717) is 18.3 Å². The molecule has 1 saturated carbocycles. The summed E-state index contributed by atoms with van der Waals surface area (Å²) < 4.78 is 0. The van der Waals surface area contributed by atoms with E-state index in [2.05, 4.69) is 13.8 Å². The normalized spacial score (nSPS) is 35.9. The van der Waals surface area contributed by atoms with Crippen LogP contribution in [0.25, 0.3) is 0 Å². The van der Waals surface area contributed by atoms with Crippen molar-refractivity contribution in [1.29, 1.82) is 0 Å². The van der Waals surface area contributed by atoms with Gasteiger partial charge >= 0.3 is 5.97 Å². The van der Waals surface area contributed by atoms with Gasteiger partial charge in [-0.1, -0.05) is 33.6 Å². The molecule has 4 unspecified atom stereocenters. The fraction of sp³-hybridized carbons (Fsp3) is 0.917. The van der Waals surface area contributed by atoms with Crippen molar-refractivity contribution >= 4 is 5.97 Å². The predicted octanol–water partition coefficient (Wildman–Crippen LogP) is 2.28. The van der Waals surface area contributed by atoms with Gasteiger partial charge < -0.3 is 10.2 Å². The highest BCUT2D eigenvalue weighted by Crippen LogP contribution is 2.41. The maximum absolute atomic E-state index is 11.2. The molecule has 2 N–H and O–H groups in total. The Kier molecular flexibility index (Phi) is 3.77. The molecule has 3 heteroatoms. The second-order valence-electron chi connectivity index (χ2n) is 5.08. The number of rotatable bonds is 3. The summed E-state index contributed by atoms with van der Waals surface area (Å²) in [5.74, 6) is -0.314. The van der Waals surface area contributed by atoms with Gasteiger partial charge in [-0.15, -0.1) is 0 Å². The zero-order valence-corrected chi connectivity index (χ0v) is 9.86. The van der Waals surface area contributed by atoms with E-state index in [1.807, 2.05) is 0 Å². The summed E-state index contributed by atoms with van der Waals surface area (Å²) in [6, 6.07) is 0. The molecule has 88 valence electrons. The zero-order valence-electron chi connectivity index (χ0n) is 9.86. The number of aliphatic hydroxyl groups is 1. The van der Waals surface area contributed by atoms with Gasteiger partial charge in [-0.05, 0) is 24.7 Å². The first kappa shape index (κ1) is 12.5. The van der Waals surface area contributed by atoms with Crippen molar-refractivity contribution in [2.45, 2.75) is 52.1 Å². The maximum Gasteiger partial charge on any atom is 0.335 e. The molecule has 1 fully saturated rings. The highest BCUT2D eigenvalue weighted by atomic mass is 16.4. The van der Waals surface area contributed by atoms with Crippen LogP contribution in [0.15, 0.2) is 0 Å². The predicted molar refractivity (Wildman–Crippen MR) is 58.5 cm³/mol. The Morgan fingerprint density at radius 3 is 2.47 bits per heavy atom. The minimum atomic E-state index is -1.52. The fourth-order valence-corrected chi connectivity index (χ4v) is 2.77. The molecule has 0 aliphatic heterocycles. The molecular formula is C12H22O3. The third-order valence-corrected chi connectivity index (χ3v) is 3.98. The van der Waals surface area contributed by atoms with Crippen molar-refractivity contribution < 1.29 is 15.0 Å². The summed E-state index contributed by atoms with van der Waals surface area (Å²) in [6.45, 7) is 5.94. The quantitative estimate of drug-likeness (QED) is 0.757. The third kappa shape index (κ3) is 2.33. The molecule has 1 rings (SSSR count). The van der Waals surface area contributed by atoms with Crippen LogP contribution in [0.3, 0.4) is 0 Å². The number of carboxylic acids is 1. The summed E-state index contributed by atoms with van der Waals surface area (Å²) in [5.41, 5.74) is -1.52. The van der Waals surface area contributed by atoms with E-state index in [1.54, 1.807) is 6.92 Å². The Balaban J connectivity index is 2.86. The van der Waals surface area contributed by atoms with E-state index < -0.39 is 11.6 Å². The van der Waals surface area contributed by atoms with E-state index in [0.717, 1.165) is 19.3 Å². The van der Waals surface area contributed by atoms with Gasteiger partial charge in [0.1, 0.15) is 0 Å². The van der Waals surface area contributed by atoms with Crippen molar-refractivity contribution in [1.82, 2.24) is 0 Å². The smallest absolute Gasteiger partial charge is 0.335 e. The Labute approximate surface area is 91.5 Å². The van der Waals surface area contributed by atoms with Gasteiger partial charge in [0.15, 0.2) is 5.60 Å². The maximum atomic E-state index is 11.2. The lowest BCUT2D eigenvalue weighted by Crippen LogP contribution is -2.49. The lowest BCUT2D eigenvalue weighted by molar-refractivity contribution is -0.170. The van der Waals surface area contributed by atoms with Crippen molar-refractivity contribution in [2.75, 3.05) is 0 Å². The largest absolute Gasteiger partial charge is 0.479 e. The summed E-state index contributed by atoms with van der Waals surface area (Å²) in [6.07, 6.45) is 3.31. The molecule has 1 aliphatic rings. The lowest BCUT2D eigenvalue weighted by atomic mass is 9.67. The molecule has 15 heavy (non-hydrogen) atoms. The van der Waals surface area contributed by atoms with Crippen LogP contribution in [0, 0.1) is 17.8 Å². The first-order valence-electron chi connectivity index (χ1n) is 5.87. The average molecular weight is 214 g/mol. The molecule has 0 aromatic heterocycles. The summed E-state index contributed by atoms with van der Waals surface area (Å²) in [5, 5.41) is 19.3. The van der Waals surface area contributed by atoms with Crippen molar-refractivity contribution in [3.05, 3.63) is 0 Å². The van der Waals surface area contributed by atoms with Crippen LogP contribution in [-0.2, 0) is 4.79 Å². The molecule has 0 spiro atoms. The first-order chi connectivity index (χ1) is 6.91. The summed E-state index contributed by atoms with van der Waals surface area (Å²) in [7, 11) is 0. The molecular weight excluding hydrogens is 192 g/mol. The van der Waals surface area contributed by atoms with Crippen LogP contribution in [0.5, 0.6) is 0 Å². The number of hydrogen-bond donors (Lipinski definition) is 2. The van der Waals surface area contributed by atoms with Gasteiger partial charge in [-0.25, -0.2) is 4.79 Å². The van der Waals surface area contributed by atoms with Crippen LogP contribution in [-0.4, -0.2) is 21.8 Å². The molecule has 1 aliphatic carbocycles. The van der Waals surface area contributed by atoms with E-state index >= 15 is 0 Å². The van der Waals surface area contributed by atoms with Crippen LogP contribution in [0.1, 0.15) is 46.5 Å². The second-order valence-corrected chi connectivity index (χ2v) is 5.08. The Hall–Kier alpha value is -0.570. The van der Waals surface area contributed by atoms with Gasteiger partial charge in [-0.2, -0.15) is 0 Å². The topological polar surface area (TPSA) is 57.5 Å². The molecule has 0 aromatic rings. The minimum Gasteiger partial charge on any atom is -0.479 e. The molecule has 0 bridgehead atoms. The highest BCUT2D eigenvalue weighted by Gasteiger charge is 2.46. The monoisotopic (exact) mass is 214 g/mol. The SMILES string of the molecule is CCC(O)(C(=O)O)C1CC(C)CCC1C. The average Bonchev–Trinajstić information content (AvgIpc) is 2.20. The Morgan fingerprint density at radius 1 is 1.40 bits per heavy atom. The first-order valence-corrected chi connectivity index (χ1v) is 5.87. The minimum absolute atomic E-state index is 0.0938. The van der Waals surface area contributed by atoms with Gasteiger partial charge in [-0.3, -0.25) is 0 Å². The zero-order chi connectivity index (χ0) is 11.6. The summed E-state index contributed by atoms with van der Waals surface area (Å²) >= 11 is 0. The lowest BCUT2D eigenvalue weighted by Gasteiger charge is -2.41. The van der Waals surface area contributed by atoms with Crippen molar-refractivity contribution in [3.63, 3.8) is 0 Å². The van der Waals surface area contributed by atoms with Gasteiger partial charge in [0.2, 0.25) is 0 Å². The molecule has 3 nitrogen and oxygen atoms in total. The van der Waals surface area contributed by atoms with Crippen LogP contribution >= 0.6 is 0 Å². The van der Waals surface area contributed by atoms with Crippen LogP contribution < -0.4 is 0 Å². The molecule has 0 saturated heterocycles. The van der Waals surface area contributed by atoms with E-state index in [9.17, 15) is 9.90 Å². The van der Waals surface area contributed by atoms with E-state index in [-0.39, 0.29) is 5.92 Å². The van der Waals surface area contributed by atoms with Crippen LogP contribution in [0.4, 0.5) is 0 Å². The van der Waals surface area contributed by atoms with E-state index in [1.165, 1.54) is 0 Å². The number of carboxylic acid groups (broad SMARTS) is 1. The Bertz CT molecular complexity index is 239. The van der Waals surface area contributed by atoms with E-state index in [4.69, 9.17) is 5.11 Å². The van der Waals surface area contributed by atoms with Crippen molar-refractivity contribution in [3.8, 4) is 0 Å². The fourth-order valence-electron chi connectivity index (χ4n) is 2.77. The van der Waals surface area contributed by atoms with Gasteiger partial charge in [0.25, 0.3) is 0 Å². The molecule has 0 heterocycles. The summed E-state index contributed by atoms with van der Waals surface area (Å²) in [4.78, 5) is 11.2. The van der Waals surface area contributed by atoms with Gasteiger partial charge in [0.05, 0.1) is 0 Å². The Morgan fingerprint density at radius 2 is 2.00 bits per heavy atom. The van der Waals surface area contributed by atoms with Crippen LogP contribution in [0.2, 0.25) is 0 Å². The molecule has 0 amide bonds. The second kappa shape index (κ2) is 4.52. The van der Waals surface area contributed by atoms with Crippen molar-refractivity contribution in [2.24, 2.45) is 17.8 Å².